The second kappa shape index (κ2) is 9.37. The third-order valence-electron chi connectivity index (χ3n) is 5.92. The Morgan fingerprint density at radius 1 is 0.970 bits per heavy atom. The molecule has 2 unspecified atom stereocenters. The summed E-state index contributed by atoms with van der Waals surface area (Å²) in [7, 11) is 0. The van der Waals surface area contributed by atoms with Gasteiger partial charge in [-0.05, 0) is 44.2 Å². The zero-order valence-corrected chi connectivity index (χ0v) is 18.4. The quantitative estimate of drug-likeness (QED) is 0.356. The fourth-order valence-corrected chi connectivity index (χ4v) is 4.27. The first-order valence-electron chi connectivity index (χ1n) is 11.1. The van der Waals surface area contributed by atoms with Gasteiger partial charge in [-0.25, -0.2) is 0 Å². The molecule has 4 nitrogen and oxygen atoms in total. The number of hydrogen-bond donors (Lipinski definition) is 0. The molecule has 0 radical (unpaired) electrons. The molecule has 0 amide bonds. The fraction of sp³-hybridized carbons (Fsp3) is 0.500. The van der Waals surface area contributed by atoms with Crippen LogP contribution in [0.15, 0.2) is 18.2 Å². The van der Waals surface area contributed by atoms with Gasteiger partial charge in [-0.2, -0.15) is 22.0 Å². The topological polar surface area (TPSA) is 36.9 Å². The van der Waals surface area contributed by atoms with E-state index < -0.39 is 41.2 Å². The maximum Gasteiger partial charge on any atom is 0.424 e. The number of hydrogen-bond acceptors (Lipinski definition) is 4. The van der Waals surface area contributed by atoms with E-state index in [1.807, 2.05) is 6.92 Å². The molecule has 0 aliphatic carbocycles. The molecule has 1 fully saturated rings. The van der Waals surface area contributed by atoms with Crippen LogP contribution >= 0.6 is 0 Å². The van der Waals surface area contributed by atoms with Gasteiger partial charge < -0.3 is 18.9 Å². The predicted octanol–water partition coefficient (Wildman–Crippen LogP) is 6.77. The lowest BCUT2D eigenvalue weighted by Crippen LogP contribution is -2.44. The van der Waals surface area contributed by atoms with Crippen LogP contribution in [0.5, 0.6) is 23.0 Å². The Hall–Kier alpha value is -2.55. The molecule has 2 atom stereocenters. The maximum atomic E-state index is 14.8. The second-order valence-electron chi connectivity index (χ2n) is 8.29. The van der Waals surface area contributed by atoms with Crippen molar-refractivity contribution >= 4 is 0 Å². The molecule has 2 aromatic carbocycles. The summed E-state index contributed by atoms with van der Waals surface area (Å²) in [5, 5.41) is 0. The Morgan fingerprint density at radius 3 is 2.39 bits per heavy atom. The molecule has 0 N–H and O–H groups in total. The van der Waals surface area contributed by atoms with Gasteiger partial charge in [-0.1, -0.05) is 19.4 Å². The van der Waals surface area contributed by atoms with Crippen LogP contribution in [0, 0.1) is 23.4 Å². The van der Waals surface area contributed by atoms with Gasteiger partial charge in [0.2, 0.25) is 17.5 Å². The van der Waals surface area contributed by atoms with E-state index in [1.54, 1.807) is 6.92 Å². The van der Waals surface area contributed by atoms with Crippen LogP contribution in [0.3, 0.4) is 0 Å². The first-order valence-corrected chi connectivity index (χ1v) is 11.1. The van der Waals surface area contributed by atoms with Gasteiger partial charge in [0.25, 0.3) is 0 Å². The fourth-order valence-electron chi connectivity index (χ4n) is 4.27. The number of alkyl halides is 2. The van der Waals surface area contributed by atoms with Gasteiger partial charge in [0.05, 0.1) is 13.2 Å². The largest absolute Gasteiger partial charge is 0.491 e. The van der Waals surface area contributed by atoms with Crippen molar-refractivity contribution in [2.24, 2.45) is 5.92 Å². The van der Waals surface area contributed by atoms with Crippen LogP contribution < -0.4 is 14.2 Å². The summed E-state index contributed by atoms with van der Waals surface area (Å²) in [6, 6.07) is 3.87. The minimum absolute atomic E-state index is 0.0463. The number of halogens is 5. The molecular weight excluding hydrogens is 447 g/mol. The molecule has 2 aromatic rings. The van der Waals surface area contributed by atoms with Crippen LogP contribution in [-0.2, 0) is 11.2 Å². The van der Waals surface area contributed by atoms with Crippen molar-refractivity contribution < 1.29 is 40.9 Å². The number of rotatable bonds is 7. The lowest BCUT2D eigenvalue weighted by molar-refractivity contribution is -0.265. The standard InChI is InChI=1S/C24H25F5O4/c1-3-5-13-6-9-18(31-12-13)24(28,29)33-17-11-15-10-14-7-8-16(30-4-2)20(26)22(14)32-23(15)21(27)19(17)25/h7-8,11,13,18H,3-6,9-10,12H2,1-2H3. The third-order valence-corrected chi connectivity index (χ3v) is 5.92. The molecule has 2 aliphatic heterocycles. The van der Waals surface area contributed by atoms with Gasteiger partial charge in [0.15, 0.2) is 29.1 Å². The van der Waals surface area contributed by atoms with Crippen molar-refractivity contribution in [3.8, 4) is 23.0 Å². The minimum Gasteiger partial charge on any atom is -0.491 e. The monoisotopic (exact) mass is 472 g/mol. The lowest BCUT2D eigenvalue weighted by Gasteiger charge is -2.33. The highest BCUT2D eigenvalue weighted by molar-refractivity contribution is 5.55. The van der Waals surface area contributed by atoms with E-state index in [-0.39, 0.29) is 49.0 Å². The van der Waals surface area contributed by atoms with Crippen molar-refractivity contribution in [1.29, 1.82) is 0 Å². The van der Waals surface area contributed by atoms with Crippen LogP contribution in [0.2, 0.25) is 0 Å². The van der Waals surface area contributed by atoms with E-state index in [1.165, 1.54) is 12.1 Å². The van der Waals surface area contributed by atoms with Gasteiger partial charge >= 0.3 is 6.11 Å². The third kappa shape index (κ3) is 4.60. The summed E-state index contributed by atoms with van der Waals surface area (Å²) in [6.07, 6.45) is -3.10. The Labute approximate surface area is 188 Å². The van der Waals surface area contributed by atoms with E-state index in [4.69, 9.17) is 14.2 Å². The van der Waals surface area contributed by atoms with E-state index >= 15 is 0 Å². The zero-order valence-electron chi connectivity index (χ0n) is 18.4. The molecule has 180 valence electrons. The Bertz CT molecular complexity index is 1020. The number of benzene rings is 2. The molecule has 0 spiro atoms. The van der Waals surface area contributed by atoms with Crippen molar-refractivity contribution in [3.05, 3.63) is 46.8 Å². The molecule has 33 heavy (non-hydrogen) atoms. The SMILES string of the molecule is CCCC1CCC(C(F)(F)Oc2cc3c(c(F)c2F)Oc2c(ccc(OCC)c2F)C3)OC1. The van der Waals surface area contributed by atoms with Gasteiger partial charge in [-0.3, -0.25) is 0 Å². The molecule has 0 saturated carbocycles. The number of ether oxygens (including phenoxy) is 4. The zero-order chi connectivity index (χ0) is 23.8. The Morgan fingerprint density at radius 2 is 1.73 bits per heavy atom. The Balaban J connectivity index is 1.57. The van der Waals surface area contributed by atoms with Crippen LogP contribution in [0.4, 0.5) is 22.0 Å². The molecule has 9 heteroatoms. The highest BCUT2D eigenvalue weighted by atomic mass is 19.3. The van der Waals surface area contributed by atoms with Gasteiger partial charge in [0, 0.05) is 17.5 Å². The summed E-state index contributed by atoms with van der Waals surface area (Å²) in [6.45, 7) is 4.04. The summed E-state index contributed by atoms with van der Waals surface area (Å²) < 4.78 is 93.9. The average Bonchev–Trinajstić information content (AvgIpc) is 2.79. The van der Waals surface area contributed by atoms with Gasteiger partial charge in [-0.15, -0.1) is 0 Å². The van der Waals surface area contributed by atoms with Crippen molar-refractivity contribution in [2.75, 3.05) is 13.2 Å². The average molecular weight is 472 g/mol. The van der Waals surface area contributed by atoms with Crippen molar-refractivity contribution in [3.63, 3.8) is 0 Å². The van der Waals surface area contributed by atoms with Crippen molar-refractivity contribution in [1.82, 2.24) is 0 Å². The molecular formula is C24H25F5O4. The highest BCUT2D eigenvalue weighted by Gasteiger charge is 2.46. The van der Waals surface area contributed by atoms with Crippen LogP contribution in [-0.4, -0.2) is 25.4 Å². The van der Waals surface area contributed by atoms with E-state index in [0.717, 1.165) is 18.9 Å². The van der Waals surface area contributed by atoms with E-state index in [9.17, 15) is 22.0 Å². The normalized spacial score (nSPS) is 20.0. The van der Waals surface area contributed by atoms with Crippen LogP contribution in [0.1, 0.15) is 50.7 Å². The highest BCUT2D eigenvalue weighted by Crippen LogP contribution is 2.45. The van der Waals surface area contributed by atoms with E-state index in [2.05, 4.69) is 4.74 Å². The summed E-state index contributed by atoms with van der Waals surface area (Å²) in [5.41, 5.74) is 0.396. The van der Waals surface area contributed by atoms with Gasteiger partial charge in [0.1, 0.15) is 0 Å². The predicted molar refractivity (Wildman–Crippen MR) is 110 cm³/mol. The molecule has 1 saturated heterocycles. The lowest BCUT2D eigenvalue weighted by atomic mass is 9.94. The second-order valence-corrected chi connectivity index (χ2v) is 8.29. The first-order chi connectivity index (χ1) is 15.7. The molecule has 0 aromatic heterocycles. The maximum absolute atomic E-state index is 14.8. The minimum atomic E-state index is -3.86. The Kier molecular flexibility index (Phi) is 6.70. The molecule has 4 rings (SSSR count). The molecule has 2 aliphatic rings. The molecule has 2 heterocycles. The van der Waals surface area contributed by atoms with E-state index in [0.29, 0.717) is 12.0 Å². The molecule has 0 bridgehead atoms. The number of fused-ring (bicyclic) bond motifs is 2. The van der Waals surface area contributed by atoms with Crippen LogP contribution in [0.25, 0.3) is 0 Å². The smallest absolute Gasteiger partial charge is 0.424 e. The van der Waals surface area contributed by atoms with Crippen molar-refractivity contribution in [2.45, 2.75) is 58.2 Å². The first kappa shape index (κ1) is 23.6. The summed E-state index contributed by atoms with van der Waals surface area (Å²) in [4.78, 5) is 0. The summed E-state index contributed by atoms with van der Waals surface area (Å²) >= 11 is 0. The summed E-state index contributed by atoms with van der Waals surface area (Å²) in [5.74, 6) is -5.72.